The molecule has 1 saturated heterocycles. The number of piperazine rings is 1. The van der Waals surface area contributed by atoms with Crippen molar-refractivity contribution < 1.29 is 9.53 Å². The molecule has 1 aliphatic heterocycles. The Morgan fingerprint density at radius 3 is 2.12 bits per heavy atom. The predicted octanol–water partition coefficient (Wildman–Crippen LogP) is 3.08. The van der Waals surface area contributed by atoms with Crippen molar-refractivity contribution in [1.29, 1.82) is 0 Å². The highest BCUT2D eigenvalue weighted by Crippen LogP contribution is 2.50. The summed E-state index contributed by atoms with van der Waals surface area (Å²) in [5.41, 5.74) is 2.08. The molecular weight excluding hydrogens is 312 g/mol. The number of carbonyl (C=O) groups is 1. The van der Waals surface area contributed by atoms with E-state index >= 15 is 0 Å². The molecule has 2 aromatic carbocycles. The Hall–Kier alpha value is -2.49. The maximum Gasteiger partial charge on any atom is 0.233 e. The third-order valence-corrected chi connectivity index (χ3v) is 5.49. The number of carbonyl (C=O) groups excluding carboxylic acids is 1. The maximum absolute atomic E-state index is 13.2. The highest BCUT2D eigenvalue weighted by Gasteiger charge is 2.53. The molecule has 1 amide bonds. The lowest BCUT2D eigenvalue weighted by atomic mass is 9.94. The summed E-state index contributed by atoms with van der Waals surface area (Å²) in [6.07, 6.45) is 1.91. The highest BCUT2D eigenvalue weighted by molar-refractivity contribution is 5.91. The summed E-state index contributed by atoms with van der Waals surface area (Å²) >= 11 is 0. The van der Waals surface area contributed by atoms with E-state index < -0.39 is 0 Å². The number of rotatable bonds is 4. The van der Waals surface area contributed by atoms with Crippen molar-refractivity contribution in [1.82, 2.24) is 4.90 Å². The molecular formula is C21H24N2O2. The second-order valence-corrected chi connectivity index (χ2v) is 6.93. The monoisotopic (exact) mass is 336 g/mol. The Balaban J connectivity index is 1.43. The van der Waals surface area contributed by atoms with Gasteiger partial charge in [-0.2, -0.15) is 0 Å². The zero-order valence-electron chi connectivity index (χ0n) is 14.6. The predicted molar refractivity (Wildman–Crippen MR) is 99.1 cm³/mol. The van der Waals surface area contributed by atoms with Crippen molar-refractivity contribution in [3.05, 3.63) is 60.2 Å². The van der Waals surface area contributed by atoms with E-state index in [1.807, 2.05) is 30.3 Å². The van der Waals surface area contributed by atoms with E-state index in [0.717, 1.165) is 50.3 Å². The molecule has 25 heavy (non-hydrogen) atoms. The van der Waals surface area contributed by atoms with Crippen LogP contribution in [0.25, 0.3) is 0 Å². The molecule has 1 heterocycles. The van der Waals surface area contributed by atoms with Gasteiger partial charge in [0.25, 0.3) is 0 Å². The van der Waals surface area contributed by atoms with Gasteiger partial charge >= 0.3 is 0 Å². The van der Waals surface area contributed by atoms with Crippen LogP contribution in [-0.2, 0) is 10.2 Å². The number of ether oxygens (including phenoxy) is 1. The molecule has 4 rings (SSSR count). The van der Waals surface area contributed by atoms with Gasteiger partial charge in [-0.1, -0.05) is 30.3 Å². The van der Waals surface area contributed by atoms with E-state index in [2.05, 4.69) is 34.1 Å². The van der Waals surface area contributed by atoms with Crippen molar-refractivity contribution in [2.45, 2.75) is 18.3 Å². The first-order valence-corrected chi connectivity index (χ1v) is 8.97. The molecule has 0 unspecified atom stereocenters. The lowest BCUT2D eigenvalue weighted by Gasteiger charge is -2.38. The van der Waals surface area contributed by atoms with Crippen LogP contribution >= 0.6 is 0 Å². The Morgan fingerprint density at radius 2 is 1.56 bits per heavy atom. The van der Waals surface area contributed by atoms with E-state index in [9.17, 15) is 4.79 Å². The van der Waals surface area contributed by atoms with Gasteiger partial charge in [0.1, 0.15) is 5.75 Å². The minimum atomic E-state index is -0.290. The zero-order valence-corrected chi connectivity index (χ0v) is 14.6. The summed E-state index contributed by atoms with van der Waals surface area (Å²) in [5.74, 6) is 1.13. The van der Waals surface area contributed by atoms with Crippen molar-refractivity contribution >= 4 is 11.6 Å². The summed E-state index contributed by atoms with van der Waals surface area (Å²) in [6, 6.07) is 18.4. The van der Waals surface area contributed by atoms with E-state index in [1.165, 1.54) is 5.69 Å². The summed E-state index contributed by atoms with van der Waals surface area (Å²) < 4.78 is 5.23. The lowest BCUT2D eigenvalue weighted by Crippen LogP contribution is -2.51. The smallest absolute Gasteiger partial charge is 0.233 e. The van der Waals surface area contributed by atoms with Crippen molar-refractivity contribution in [2.75, 3.05) is 38.2 Å². The summed E-state index contributed by atoms with van der Waals surface area (Å²) in [7, 11) is 1.67. The fourth-order valence-electron chi connectivity index (χ4n) is 3.77. The van der Waals surface area contributed by atoms with Gasteiger partial charge in [0.15, 0.2) is 0 Å². The second kappa shape index (κ2) is 6.43. The average Bonchev–Trinajstić information content (AvgIpc) is 3.50. The highest BCUT2D eigenvalue weighted by atomic mass is 16.5. The van der Waals surface area contributed by atoms with E-state index in [0.29, 0.717) is 5.91 Å². The molecule has 4 nitrogen and oxygen atoms in total. The van der Waals surface area contributed by atoms with Gasteiger partial charge in [0.05, 0.1) is 12.5 Å². The molecule has 0 atom stereocenters. The van der Waals surface area contributed by atoms with Gasteiger partial charge in [0, 0.05) is 31.9 Å². The number of hydrogen-bond donors (Lipinski definition) is 0. The second-order valence-electron chi connectivity index (χ2n) is 6.93. The van der Waals surface area contributed by atoms with Crippen LogP contribution in [0, 0.1) is 0 Å². The van der Waals surface area contributed by atoms with Gasteiger partial charge in [-0.05, 0) is 42.7 Å². The molecule has 2 fully saturated rings. The summed E-state index contributed by atoms with van der Waals surface area (Å²) in [6.45, 7) is 3.39. The third kappa shape index (κ3) is 2.97. The third-order valence-electron chi connectivity index (χ3n) is 5.49. The van der Waals surface area contributed by atoms with E-state index in [1.54, 1.807) is 7.11 Å². The van der Waals surface area contributed by atoms with Crippen LogP contribution in [0.4, 0.5) is 5.69 Å². The van der Waals surface area contributed by atoms with Gasteiger partial charge in [-0.25, -0.2) is 0 Å². The Kier molecular flexibility index (Phi) is 4.12. The van der Waals surface area contributed by atoms with Gasteiger partial charge in [0.2, 0.25) is 5.91 Å². The average molecular weight is 336 g/mol. The minimum Gasteiger partial charge on any atom is -0.497 e. The van der Waals surface area contributed by atoms with Gasteiger partial charge < -0.3 is 14.5 Å². The molecule has 130 valence electrons. The quantitative estimate of drug-likeness (QED) is 0.860. The van der Waals surface area contributed by atoms with Crippen LogP contribution in [0.2, 0.25) is 0 Å². The first-order valence-electron chi connectivity index (χ1n) is 8.97. The van der Waals surface area contributed by atoms with Gasteiger partial charge in [-0.3, -0.25) is 4.79 Å². The maximum atomic E-state index is 13.2. The Bertz CT molecular complexity index is 730. The molecule has 0 bridgehead atoms. The molecule has 1 saturated carbocycles. The van der Waals surface area contributed by atoms with Crippen molar-refractivity contribution in [2.24, 2.45) is 0 Å². The van der Waals surface area contributed by atoms with Crippen LogP contribution in [0.5, 0.6) is 5.75 Å². The number of nitrogens with zero attached hydrogens (tertiary/aromatic N) is 2. The van der Waals surface area contributed by atoms with E-state index in [4.69, 9.17) is 4.74 Å². The lowest BCUT2D eigenvalue weighted by molar-refractivity contribution is -0.134. The Labute approximate surface area is 149 Å². The number of methoxy groups -OCH3 is 1. The standard InChI is InChI=1S/C21H24N2O2/c1-25-19-9-7-17(8-10-19)21(11-12-21)20(24)23-15-13-22(14-16-23)18-5-3-2-4-6-18/h2-10H,11-16H2,1H3. The van der Waals surface area contributed by atoms with Crippen molar-refractivity contribution in [3.8, 4) is 5.75 Å². The molecule has 4 heteroatoms. The topological polar surface area (TPSA) is 32.8 Å². The largest absolute Gasteiger partial charge is 0.497 e. The molecule has 2 aliphatic rings. The minimum absolute atomic E-state index is 0.290. The molecule has 2 aromatic rings. The molecule has 0 radical (unpaired) electrons. The fourth-order valence-corrected chi connectivity index (χ4v) is 3.77. The van der Waals surface area contributed by atoms with Crippen molar-refractivity contribution in [3.63, 3.8) is 0 Å². The summed E-state index contributed by atoms with van der Waals surface area (Å²) in [5, 5.41) is 0. The SMILES string of the molecule is COc1ccc(C2(C(=O)N3CCN(c4ccccc4)CC3)CC2)cc1. The molecule has 0 N–H and O–H groups in total. The van der Waals surface area contributed by atoms with Crippen LogP contribution < -0.4 is 9.64 Å². The molecule has 0 aromatic heterocycles. The van der Waals surface area contributed by atoms with Crippen LogP contribution in [-0.4, -0.2) is 44.1 Å². The first-order chi connectivity index (χ1) is 12.2. The van der Waals surface area contributed by atoms with E-state index in [-0.39, 0.29) is 5.41 Å². The van der Waals surface area contributed by atoms with Gasteiger partial charge in [-0.15, -0.1) is 0 Å². The number of anilines is 1. The zero-order chi connectivity index (χ0) is 17.3. The number of para-hydroxylation sites is 1. The number of amides is 1. The normalized spacial score (nSPS) is 18.8. The number of benzene rings is 2. The summed E-state index contributed by atoms with van der Waals surface area (Å²) in [4.78, 5) is 17.6. The molecule has 1 aliphatic carbocycles. The van der Waals surface area contributed by atoms with Crippen LogP contribution in [0.1, 0.15) is 18.4 Å². The van der Waals surface area contributed by atoms with Crippen LogP contribution in [0.15, 0.2) is 54.6 Å². The molecule has 0 spiro atoms. The fraction of sp³-hybridized carbons (Fsp3) is 0.381. The Morgan fingerprint density at radius 1 is 0.920 bits per heavy atom. The van der Waals surface area contributed by atoms with Crippen LogP contribution in [0.3, 0.4) is 0 Å². The first kappa shape index (κ1) is 16.0. The number of hydrogen-bond acceptors (Lipinski definition) is 3.